The van der Waals surface area contributed by atoms with Crippen molar-refractivity contribution < 1.29 is 0 Å². The zero-order valence-corrected chi connectivity index (χ0v) is 12.7. The SMILES string of the molecule is CCC1CCN(c2cc(CCl)c3ccccc3n2)CC1. The average Bonchev–Trinajstić information content (AvgIpc) is 2.54. The zero-order valence-electron chi connectivity index (χ0n) is 12.0. The first-order valence-corrected chi connectivity index (χ1v) is 8.05. The Morgan fingerprint density at radius 2 is 2.00 bits per heavy atom. The molecular formula is C17H21ClN2. The maximum atomic E-state index is 6.12. The van der Waals surface area contributed by atoms with Crippen molar-refractivity contribution in [2.45, 2.75) is 32.1 Å². The van der Waals surface area contributed by atoms with Crippen molar-refractivity contribution in [1.29, 1.82) is 0 Å². The van der Waals surface area contributed by atoms with Crippen LogP contribution in [0.4, 0.5) is 5.82 Å². The van der Waals surface area contributed by atoms with Crippen LogP contribution in [0.25, 0.3) is 10.9 Å². The number of benzene rings is 1. The minimum absolute atomic E-state index is 0.543. The summed E-state index contributed by atoms with van der Waals surface area (Å²) in [6.07, 6.45) is 3.86. The molecule has 0 spiro atoms. The van der Waals surface area contributed by atoms with E-state index < -0.39 is 0 Å². The average molecular weight is 289 g/mol. The quantitative estimate of drug-likeness (QED) is 0.767. The molecular weight excluding hydrogens is 268 g/mol. The molecule has 2 heterocycles. The van der Waals surface area contributed by atoms with Crippen LogP contribution in [-0.4, -0.2) is 18.1 Å². The van der Waals surface area contributed by atoms with E-state index in [0.29, 0.717) is 5.88 Å². The van der Waals surface area contributed by atoms with Crippen molar-refractivity contribution in [3.05, 3.63) is 35.9 Å². The summed E-state index contributed by atoms with van der Waals surface area (Å²) in [6, 6.07) is 10.4. The molecule has 106 valence electrons. The summed E-state index contributed by atoms with van der Waals surface area (Å²) in [6.45, 7) is 4.53. The molecule has 1 aromatic heterocycles. The molecule has 1 fully saturated rings. The van der Waals surface area contributed by atoms with Gasteiger partial charge in [-0.2, -0.15) is 0 Å². The summed E-state index contributed by atoms with van der Waals surface area (Å²) in [5, 5.41) is 1.18. The Labute approximate surface area is 125 Å². The summed E-state index contributed by atoms with van der Waals surface area (Å²) in [7, 11) is 0. The van der Waals surface area contributed by atoms with Gasteiger partial charge in [-0.15, -0.1) is 11.6 Å². The van der Waals surface area contributed by atoms with E-state index in [-0.39, 0.29) is 0 Å². The van der Waals surface area contributed by atoms with Crippen LogP contribution in [0.3, 0.4) is 0 Å². The van der Waals surface area contributed by atoms with E-state index in [2.05, 4.69) is 30.0 Å². The Balaban J connectivity index is 1.92. The minimum Gasteiger partial charge on any atom is -0.357 e. The molecule has 0 saturated carbocycles. The lowest BCUT2D eigenvalue weighted by atomic mass is 9.94. The van der Waals surface area contributed by atoms with Crippen LogP contribution >= 0.6 is 11.6 Å². The zero-order chi connectivity index (χ0) is 13.9. The molecule has 2 aromatic rings. The first kappa shape index (κ1) is 13.7. The molecule has 0 N–H and O–H groups in total. The molecule has 0 aliphatic carbocycles. The van der Waals surface area contributed by atoms with Crippen LogP contribution in [-0.2, 0) is 5.88 Å². The molecule has 3 rings (SSSR count). The smallest absolute Gasteiger partial charge is 0.129 e. The van der Waals surface area contributed by atoms with Crippen molar-refractivity contribution in [1.82, 2.24) is 4.98 Å². The molecule has 0 radical (unpaired) electrons. The Morgan fingerprint density at radius 1 is 1.25 bits per heavy atom. The maximum Gasteiger partial charge on any atom is 0.129 e. The van der Waals surface area contributed by atoms with Gasteiger partial charge in [0.25, 0.3) is 0 Å². The van der Waals surface area contributed by atoms with E-state index in [1.807, 2.05) is 12.1 Å². The fourth-order valence-corrected chi connectivity index (χ4v) is 3.30. The third-order valence-corrected chi connectivity index (χ3v) is 4.74. The number of hydrogen-bond donors (Lipinski definition) is 0. The molecule has 0 bridgehead atoms. The van der Waals surface area contributed by atoms with Crippen LogP contribution in [0.2, 0.25) is 0 Å². The summed E-state index contributed by atoms with van der Waals surface area (Å²) in [5.41, 5.74) is 2.24. The lowest BCUT2D eigenvalue weighted by Gasteiger charge is -2.32. The molecule has 0 amide bonds. The molecule has 0 unspecified atom stereocenters. The normalized spacial score (nSPS) is 16.8. The second-order valence-corrected chi connectivity index (χ2v) is 5.90. The van der Waals surface area contributed by atoms with Gasteiger partial charge in [0.05, 0.1) is 5.52 Å². The Hall–Kier alpha value is -1.28. The lowest BCUT2D eigenvalue weighted by Crippen LogP contribution is -2.34. The molecule has 3 heteroatoms. The number of alkyl halides is 1. The van der Waals surface area contributed by atoms with E-state index in [1.54, 1.807) is 0 Å². The van der Waals surface area contributed by atoms with E-state index in [4.69, 9.17) is 16.6 Å². The number of hydrogen-bond acceptors (Lipinski definition) is 2. The van der Waals surface area contributed by atoms with Gasteiger partial charge in [0, 0.05) is 24.4 Å². The number of aromatic nitrogens is 1. The van der Waals surface area contributed by atoms with E-state index in [1.165, 1.54) is 30.2 Å². The van der Waals surface area contributed by atoms with E-state index in [0.717, 1.165) is 30.3 Å². The fourth-order valence-electron chi connectivity index (χ4n) is 3.07. The number of para-hydroxylation sites is 1. The number of halogens is 1. The number of fused-ring (bicyclic) bond motifs is 1. The van der Waals surface area contributed by atoms with Crippen molar-refractivity contribution in [2.75, 3.05) is 18.0 Å². The number of anilines is 1. The number of piperidine rings is 1. The van der Waals surface area contributed by atoms with E-state index >= 15 is 0 Å². The number of rotatable bonds is 3. The van der Waals surface area contributed by atoms with Crippen molar-refractivity contribution in [2.24, 2.45) is 5.92 Å². The Kier molecular flexibility index (Phi) is 4.11. The molecule has 0 atom stereocenters. The Morgan fingerprint density at radius 3 is 2.70 bits per heavy atom. The van der Waals surface area contributed by atoms with Crippen molar-refractivity contribution in [3.8, 4) is 0 Å². The van der Waals surface area contributed by atoms with Gasteiger partial charge in [0.2, 0.25) is 0 Å². The maximum absolute atomic E-state index is 6.12. The van der Waals surface area contributed by atoms with Gasteiger partial charge in [-0.3, -0.25) is 0 Å². The second-order valence-electron chi connectivity index (χ2n) is 5.63. The first-order chi connectivity index (χ1) is 9.81. The van der Waals surface area contributed by atoms with E-state index in [9.17, 15) is 0 Å². The highest BCUT2D eigenvalue weighted by Crippen LogP contribution is 2.28. The topological polar surface area (TPSA) is 16.1 Å². The molecule has 1 aliphatic rings. The van der Waals surface area contributed by atoms with Crippen LogP contribution in [0.15, 0.2) is 30.3 Å². The van der Waals surface area contributed by atoms with Gasteiger partial charge >= 0.3 is 0 Å². The lowest BCUT2D eigenvalue weighted by molar-refractivity contribution is 0.394. The van der Waals surface area contributed by atoms with Gasteiger partial charge in [-0.1, -0.05) is 31.5 Å². The standard InChI is InChI=1S/C17H21ClN2/c1-2-13-7-9-20(10-8-13)17-11-14(12-18)15-5-3-4-6-16(15)19-17/h3-6,11,13H,2,7-10,12H2,1H3. The third-order valence-electron chi connectivity index (χ3n) is 4.45. The molecule has 1 aromatic carbocycles. The van der Waals surface area contributed by atoms with Crippen molar-refractivity contribution in [3.63, 3.8) is 0 Å². The first-order valence-electron chi connectivity index (χ1n) is 7.51. The Bertz CT molecular complexity index is 589. The summed E-state index contributed by atoms with van der Waals surface area (Å²) in [4.78, 5) is 7.24. The van der Waals surface area contributed by atoms with Crippen LogP contribution in [0, 0.1) is 5.92 Å². The number of nitrogens with zero attached hydrogens (tertiary/aromatic N) is 2. The second kappa shape index (κ2) is 6.01. The third kappa shape index (κ3) is 2.62. The van der Waals surface area contributed by atoms with Gasteiger partial charge in [-0.25, -0.2) is 4.98 Å². The van der Waals surface area contributed by atoms with Gasteiger partial charge in [0.1, 0.15) is 5.82 Å². The predicted molar refractivity (Wildman–Crippen MR) is 86.5 cm³/mol. The summed E-state index contributed by atoms with van der Waals surface area (Å²) in [5.74, 6) is 2.52. The highest BCUT2D eigenvalue weighted by Gasteiger charge is 2.19. The van der Waals surface area contributed by atoms with Crippen LogP contribution in [0.5, 0.6) is 0 Å². The highest BCUT2D eigenvalue weighted by molar-refractivity contribution is 6.18. The largest absolute Gasteiger partial charge is 0.357 e. The van der Waals surface area contributed by atoms with Gasteiger partial charge in [-0.05, 0) is 36.5 Å². The minimum atomic E-state index is 0.543. The summed E-state index contributed by atoms with van der Waals surface area (Å²) < 4.78 is 0. The number of pyridine rings is 1. The molecule has 1 saturated heterocycles. The molecule has 1 aliphatic heterocycles. The predicted octanol–water partition coefficient (Wildman–Crippen LogP) is 4.60. The van der Waals surface area contributed by atoms with Gasteiger partial charge < -0.3 is 4.90 Å². The molecule has 20 heavy (non-hydrogen) atoms. The van der Waals surface area contributed by atoms with Crippen molar-refractivity contribution >= 4 is 28.3 Å². The highest BCUT2D eigenvalue weighted by atomic mass is 35.5. The summed E-state index contributed by atoms with van der Waals surface area (Å²) >= 11 is 6.12. The monoisotopic (exact) mass is 288 g/mol. The van der Waals surface area contributed by atoms with Gasteiger partial charge in [0.15, 0.2) is 0 Å². The fraction of sp³-hybridized carbons (Fsp3) is 0.471. The molecule has 2 nitrogen and oxygen atoms in total. The van der Waals surface area contributed by atoms with Crippen LogP contribution < -0.4 is 4.90 Å². The van der Waals surface area contributed by atoms with Crippen LogP contribution in [0.1, 0.15) is 31.7 Å².